The van der Waals surface area contributed by atoms with Crippen molar-refractivity contribution in [3.8, 4) is 11.5 Å². The van der Waals surface area contributed by atoms with Crippen molar-refractivity contribution in [3.05, 3.63) is 87.9 Å². The fourth-order valence-electron chi connectivity index (χ4n) is 2.67. The summed E-state index contributed by atoms with van der Waals surface area (Å²) in [4.78, 5) is 24.2. The predicted octanol–water partition coefficient (Wildman–Crippen LogP) is 3.65. The zero-order valence-electron chi connectivity index (χ0n) is 18.2. The fraction of sp³-hybridized carbons (Fsp3) is 0.0870. The topological polar surface area (TPSA) is 123 Å². The highest BCUT2D eigenvalue weighted by Gasteiger charge is 2.15. The Morgan fingerprint density at radius 2 is 1.57 bits per heavy atom. The van der Waals surface area contributed by atoms with Crippen LogP contribution in [0.1, 0.15) is 15.9 Å². The number of rotatable bonds is 9. The van der Waals surface area contributed by atoms with Crippen molar-refractivity contribution in [1.82, 2.24) is 10.1 Å². The highest BCUT2D eigenvalue weighted by molar-refractivity contribution is 7.89. The largest absolute Gasteiger partial charge is 0.493 e. The molecule has 0 heterocycles. The number of hydrogen-bond acceptors (Lipinski definition) is 7. The van der Waals surface area contributed by atoms with E-state index in [1.165, 1.54) is 55.8 Å². The monoisotopic (exact) mass is 535 g/mol. The first kappa shape index (κ1) is 26.2. The highest BCUT2D eigenvalue weighted by atomic mass is 35.5. The third-order valence-electron chi connectivity index (χ3n) is 4.42. The van der Waals surface area contributed by atoms with Crippen LogP contribution in [0.3, 0.4) is 0 Å². The lowest BCUT2D eigenvalue weighted by Crippen LogP contribution is -2.34. The van der Waals surface area contributed by atoms with Crippen LogP contribution in [0.25, 0.3) is 0 Å². The molecule has 35 heavy (non-hydrogen) atoms. The minimum atomic E-state index is -3.88. The van der Waals surface area contributed by atoms with E-state index in [2.05, 4.69) is 15.2 Å². The number of hydrazone groups is 1. The summed E-state index contributed by atoms with van der Waals surface area (Å²) in [5, 5.41) is 4.68. The fourth-order valence-corrected chi connectivity index (χ4v) is 3.90. The second-order valence-corrected chi connectivity index (χ2v) is 9.52. The van der Waals surface area contributed by atoms with Crippen LogP contribution in [0.4, 0.5) is 0 Å². The molecule has 182 valence electrons. The molecule has 0 saturated carbocycles. The summed E-state index contributed by atoms with van der Waals surface area (Å²) in [5.41, 5.74) is 3.06. The molecule has 0 spiro atoms. The van der Waals surface area contributed by atoms with Crippen molar-refractivity contribution in [1.29, 1.82) is 0 Å². The normalized spacial score (nSPS) is 11.3. The number of amides is 1. The van der Waals surface area contributed by atoms with Gasteiger partial charge < -0.3 is 9.47 Å². The van der Waals surface area contributed by atoms with Crippen molar-refractivity contribution in [3.63, 3.8) is 0 Å². The summed E-state index contributed by atoms with van der Waals surface area (Å²) >= 11 is 11.6. The van der Waals surface area contributed by atoms with Crippen LogP contribution in [0, 0.1) is 0 Å². The van der Waals surface area contributed by atoms with Gasteiger partial charge in [0.1, 0.15) is 0 Å². The van der Waals surface area contributed by atoms with E-state index in [-0.39, 0.29) is 16.4 Å². The van der Waals surface area contributed by atoms with Crippen LogP contribution in [-0.4, -0.2) is 40.2 Å². The number of hydrogen-bond donors (Lipinski definition) is 2. The Balaban J connectivity index is 1.56. The van der Waals surface area contributed by atoms with Crippen LogP contribution >= 0.6 is 23.2 Å². The molecule has 0 saturated heterocycles. The molecule has 9 nitrogen and oxygen atoms in total. The molecule has 0 atom stereocenters. The van der Waals surface area contributed by atoms with Gasteiger partial charge in [-0.1, -0.05) is 23.2 Å². The molecule has 3 aromatic rings. The second-order valence-electron chi connectivity index (χ2n) is 6.88. The first-order chi connectivity index (χ1) is 16.7. The standard InChI is InChI=1S/C23H19Cl2N3O6S/c1-33-21-12-15(2-11-20(21)34-23(30)16-3-5-17(24)6-4-16)13-26-28-22(29)14-27-35(31,32)19-9-7-18(25)8-10-19/h2-13,27H,14H2,1H3,(H,28,29). The molecule has 0 aliphatic rings. The number of ether oxygens (including phenoxy) is 2. The quantitative estimate of drug-likeness (QED) is 0.186. The lowest BCUT2D eigenvalue weighted by molar-refractivity contribution is -0.119. The molecule has 3 rings (SSSR count). The Morgan fingerprint density at radius 1 is 0.943 bits per heavy atom. The van der Waals surface area contributed by atoms with Gasteiger partial charge in [-0.15, -0.1) is 0 Å². The van der Waals surface area contributed by atoms with E-state index in [0.29, 0.717) is 21.2 Å². The van der Waals surface area contributed by atoms with Gasteiger partial charge in [0.05, 0.1) is 30.3 Å². The number of nitrogens with one attached hydrogen (secondary N) is 2. The van der Waals surface area contributed by atoms with Gasteiger partial charge in [-0.25, -0.2) is 23.4 Å². The van der Waals surface area contributed by atoms with E-state index in [1.54, 1.807) is 24.3 Å². The molecule has 0 aromatic heterocycles. The second kappa shape index (κ2) is 11.8. The summed E-state index contributed by atoms with van der Waals surface area (Å²) < 4.78 is 37.2. The summed E-state index contributed by atoms with van der Waals surface area (Å²) in [6, 6.07) is 16.4. The van der Waals surface area contributed by atoms with Crippen molar-refractivity contribution in [2.24, 2.45) is 5.10 Å². The van der Waals surface area contributed by atoms with Crippen molar-refractivity contribution >= 4 is 51.3 Å². The molecule has 0 aliphatic heterocycles. The molecule has 2 N–H and O–H groups in total. The third-order valence-corrected chi connectivity index (χ3v) is 6.34. The van der Waals surface area contributed by atoms with Crippen LogP contribution < -0.4 is 19.6 Å². The number of benzene rings is 3. The maximum atomic E-state index is 12.3. The zero-order valence-corrected chi connectivity index (χ0v) is 20.5. The van der Waals surface area contributed by atoms with Gasteiger partial charge in [0, 0.05) is 10.0 Å². The minimum absolute atomic E-state index is 0.0258. The third kappa shape index (κ3) is 7.52. The van der Waals surface area contributed by atoms with Crippen LogP contribution in [0.2, 0.25) is 10.0 Å². The molecule has 1 amide bonds. The average molecular weight is 536 g/mol. The van der Waals surface area contributed by atoms with Gasteiger partial charge in [0.15, 0.2) is 11.5 Å². The van der Waals surface area contributed by atoms with Gasteiger partial charge in [0.2, 0.25) is 10.0 Å². The summed E-state index contributed by atoms with van der Waals surface area (Å²) in [6.07, 6.45) is 1.32. The number of esters is 1. The maximum absolute atomic E-state index is 12.3. The first-order valence-corrected chi connectivity index (χ1v) is 12.1. The van der Waals surface area contributed by atoms with Crippen LogP contribution in [0.15, 0.2) is 76.7 Å². The van der Waals surface area contributed by atoms with E-state index in [9.17, 15) is 18.0 Å². The van der Waals surface area contributed by atoms with Crippen LogP contribution in [-0.2, 0) is 14.8 Å². The number of nitrogens with zero attached hydrogens (tertiary/aromatic N) is 1. The van der Waals surface area contributed by atoms with Gasteiger partial charge in [-0.3, -0.25) is 4.79 Å². The number of carbonyl (C=O) groups is 2. The average Bonchev–Trinajstić information content (AvgIpc) is 2.84. The smallest absolute Gasteiger partial charge is 0.343 e. The van der Waals surface area contributed by atoms with E-state index >= 15 is 0 Å². The summed E-state index contributed by atoms with van der Waals surface area (Å²) in [7, 11) is -2.47. The van der Waals surface area contributed by atoms with Gasteiger partial charge >= 0.3 is 5.97 Å². The maximum Gasteiger partial charge on any atom is 0.343 e. The molecule has 0 fully saturated rings. The Labute approximate surface area is 211 Å². The number of sulfonamides is 1. The molecular formula is C23H19Cl2N3O6S. The van der Waals surface area contributed by atoms with Crippen LogP contribution in [0.5, 0.6) is 11.5 Å². The zero-order chi connectivity index (χ0) is 25.4. The lowest BCUT2D eigenvalue weighted by Gasteiger charge is -2.10. The molecule has 0 radical (unpaired) electrons. The SMILES string of the molecule is COc1cc(C=NNC(=O)CNS(=O)(=O)c2ccc(Cl)cc2)ccc1OC(=O)c1ccc(Cl)cc1. The molecular weight excluding hydrogens is 517 g/mol. The first-order valence-electron chi connectivity index (χ1n) is 9.91. The van der Waals surface area contributed by atoms with Gasteiger partial charge in [-0.2, -0.15) is 5.10 Å². The van der Waals surface area contributed by atoms with E-state index in [0.717, 1.165) is 0 Å². The number of methoxy groups -OCH3 is 1. The Kier molecular flexibility index (Phi) is 8.83. The highest BCUT2D eigenvalue weighted by Crippen LogP contribution is 2.28. The van der Waals surface area contributed by atoms with E-state index < -0.39 is 28.4 Å². The number of carbonyl (C=O) groups excluding carboxylic acids is 2. The Hall–Kier alpha value is -3.44. The van der Waals surface area contributed by atoms with Crippen molar-refractivity contribution < 1.29 is 27.5 Å². The molecule has 0 unspecified atom stereocenters. The molecule has 12 heteroatoms. The van der Waals surface area contributed by atoms with Gasteiger partial charge in [0.25, 0.3) is 5.91 Å². The van der Waals surface area contributed by atoms with E-state index in [1.807, 2.05) is 0 Å². The predicted molar refractivity (Wildman–Crippen MR) is 132 cm³/mol. The Bertz CT molecular complexity index is 1340. The molecule has 3 aromatic carbocycles. The Morgan fingerprint density at radius 3 is 2.20 bits per heavy atom. The van der Waals surface area contributed by atoms with E-state index in [4.69, 9.17) is 32.7 Å². The molecule has 0 aliphatic carbocycles. The summed E-state index contributed by atoms with van der Waals surface area (Å²) in [6.45, 7) is -0.523. The number of halogens is 2. The molecule has 0 bridgehead atoms. The van der Waals surface area contributed by atoms with Crippen molar-refractivity contribution in [2.75, 3.05) is 13.7 Å². The minimum Gasteiger partial charge on any atom is -0.493 e. The lowest BCUT2D eigenvalue weighted by atomic mass is 10.2. The van der Waals surface area contributed by atoms with Gasteiger partial charge in [-0.05, 0) is 72.3 Å². The van der Waals surface area contributed by atoms with Crippen molar-refractivity contribution in [2.45, 2.75) is 4.90 Å². The summed E-state index contributed by atoms with van der Waals surface area (Å²) in [5.74, 6) is -0.822.